The van der Waals surface area contributed by atoms with Gasteiger partial charge in [-0.1, -0.05) is 47.5 Å². The van der Waals surface area contributed by atoms with Crippen molar-refractivity contribution in [3.8, 4) is 17.2 Å². The molecule has 156 valence electrons. The summed E-state index contributed by atoms with van der Waals surface area (Å²) < 4.78 is 17.1. The van der Waals surface area contributed by atoms with Crippen LogP contribution in [0.1, 0.15) is 12.8 Å². The third kappa shape index (κ3) is 5.52. The van der Waals surface area contributed by atoms with Crippen LogP contribution in [0.15, 0.2) is 53.6 Å². The summed E-state index contributed by atoms with van der Waals surface area (Å²) in [6, 6.07) is 11.1. The predicted molar refractivity (Wildman–Crippen MR) is 118 cm³/mol. The van der Waals surface area contributed by atoms with Gasteiger partial charge in [0.05, 0.1) is 6.07 Å². The van der Waals surface area contributed by atoms with Gasteiger partial charge in [-0.3, -0.25) is 4.79 Å². The summed E-state index contributed by atoms with van der Waals surface area (Å²) in [4.78, 5) is 17.2. The molecule has 3 rings (SSSR count). The van der Waals surface area contributed by atoms with Gasteiger partial charge >= 0.3 is 0 Å². The number of piperidine rings is 1. The van der Waals surface area contributed by atoms with Gasteiger partial charge in [-0.05, 0) is 24.1 Å². The Bertz CT molecular complexity index is 987. The van der Waals surface area contributed by atoms with Crippen molar-refractivity contribution in [3.05, 3.63) is 58.9 Å². The van der Waals surface area contributed by atoms with Gasteiger partial charge in [-0.2, -0.15) is 5.26 Å². The Balaban J connectivity index is 1.67. The number of hydrogen-bond donors (Lipinski definition) is 1. The number of benzene rings is 1. The molecule has 1 amide bonds. The van der Waals surface area contributed by atoms with E-state index in [0.29, 0.717) is 23.3 Å². The Hall–Kier alpha value is -2.11. The van der Waals surface area contributed by atoms with Crippen molar-refractivity contribution in [3.63, 3.8) is 0 Å². The molecule has 0 spiro atoms. The zero-order chi connectivity index (χ0) is 21.6. The highest BCUT2D eigenvalue weighted by atomic mass is 35.5. The number of alkyl halides is 1. The first-order valence-corrected chi connectivity index (χ1v) is 10.8. The largest absolute Gasteiger partial charge is 0.350 e. The molecule has 1 saturated heterocycles. The molecule has 0 aliphatic carbocycles. The van der Waals surface area contributed by atoms with Crippen LogP contribution in [0.4, 0.5) is 4.39 Å². The van der Waals surface area contributed by atoms with Gasteiger partial charge in [0, 0.05) is 65.8 Å². The smallest absolute Gasteiger partial charge is 0.258 e. The van der Waals surface area contributed by atoms with E-state index in [4.69, 9.17) is 28.5 Å². The molecule has 1 N–H and O–H groups in total. The maximum absolute atomic E-state index is 15.1. The number of carbonyl (C=O) groups excluding carboxylic acids is 1. The van der Waals surface area contributed by atoms with E-state index in [1.54, 1.807) is 12.3 Å². The number of nitriles is 1. The summed E-state index contributed by atoms with van der Waals surface area (Å²) >= 11 is 13.9. The molecule has 1 aliphatic heterocycles. The molecule has 1 aromatic carbocycles. The van der Waals surface area contributed by atoms with E-state index in [1.165, 1.54) is 24.1 Å². The van der Waals surface area contributed by atoms with Crippen LogP contribution in [0, 0.1) is 11.3 Å². The van der Waals surface area contributed by atoms with Crippen LogP contribution in [0.25, 0.3) is 11.1 Å². The molecule has 0 radical (unpaired) electrons. The normalized spacial score (nSPS) is 16.3. The molecule has 5 nitrogen and oxygen atoms in total. The highest BCUT2D eigenvalue weighted by Gasteiger charge is 2.41. The summed E-state index contributed by atoms with van der Waals surface area (Å²) in [6.07, 6.45) is 4.57. The molecule has 9 heteroatoms. The topological polar surface area (TPSA) is 69.0 Å². The minimum absolute atomic E-state index is 0.0796. The Kier molecular flexibility index (Phi) is 7.73. The summed E-state index contributed by atoms with van der Waals surface area (Å²) in [5, 5.41) is 11.9. The summed E-state index contributed by atoms with van der Waals surface area (Å²) in [5.74, 6) is -0.639. The van der Waals surface area contributed by atoms with Crippen LogP contribution < -0.4 is 5.32 Å². The molecule has 0 atom stereocenters. The van der Waals surface area contributed by atoms with E-state index in [1.807, 2.05) is 34.6 Å². The van der Waals surface area contributed by atoms with Gasteiger partial charge < -0.3 is 5.32 Å². The van der Waals surface area contributed by atoms with Crippen molar-refractivity contribution in [1.82, 2.24) is 14.6 Å². The number of rotatable bonds is 6. The number of pyridine rings is 1. The van der Waals surface area contributed by atoms with Crippen LogP contribution in [0.5, 0.6) is 0 Å². The fraction of sp³-hybridized carbons (Fsp3) is 0.286. The van der Waals surface area contributed by atoms with Gasteiger partial charge in [-0.25, -0.2) is 13.7 Å². The first kappa shape index (κ1) is 22.6. The molecule has 0 saturated carbocycles. The van der Waals surface area contributed by atoms with E-state index in [-0.39, 0.29) is 19.4 Å². The molecule has 2 aromatic rings. The van der Waals surface area contributed by atoms with E-state index >= 15 is 4.39 Å². The van der Waals surface area contributed by atoms with Crippen molar-refractivity contribution in [2.75, 3.05) is 19.6 Å². The first-order valence-electron chi connectivity index (χ1n) is 9.28. The van der Waals surface area contributed by atoms with Gasteiger partial charge in [0.15, 0.2) is 5.67 Å². The van der Waals surface area contributed by atoms with E-state index in [2.05, 4.69) is 10.3 Å². The summed E-state index contributed by atoms with van der Waals surface area (Å²) in [5.41, 5.74) is -0.223. The molecule has 2 heterocycles. The lowest BCUT2D eigenvalue weighted by Gasteiger charge is -2.34. The van der Waals surface area contributed by atoms with Crippen LogP contribution >= 0.6 is 35.1 Å². The molecule has 30 heavy (non-hydrogen) atoms. The highest BCUT2D eigenvalue weighted by molar-refractivity contribution is 7.97. The predicted octanol–water partition coefficient (Wildman–Crippen LogP) is 5.06. The first-order chi connectivity index (χ1) is 14.4. The lowest BCUT2D eigenvalue weighted by molar-refractivity contribution is -0.135. The third-order valence-electron chi connectivity index (χ3n) is 4.72. The Morgan fingerprint density at radius 3 is 2.77 bits per heavy atom. The zero-order valence-electron chi connectivity index (χ0n) is 15.9. The average Bonchev–Trinajstić information content (AvgIpc) is 2.74. The van der Waals surface area contributed by atoms with Crippen LogP contribution in [0.3, 0.4) is 0 Å². The Labute approximate surface area is 189 Å². The molecule has 1 fully saturated rings. The van der Waals surface area contributed by atoms with Crippen LogP contribution in [-0.4, -0.2) is 40.5 Å². The van der Waals surface area contributed by atoms with E-state index in [0.717, 1.165) is 16.0 Å². The zero-order valence-corrected chi connectivity index (χ0v) is 18.3. The van der Waals surface area contributed by atoms with Crippen LogP contribution in [0.2, 0.25) is 10.2 Å². The fourth-order valence-corrected chi connectivity index (χ4v) is 4.51. The Morgan fingerprint density at radius 2 is 2.07 bits per heavy atom. The van der Waals surface area contributed by atoms with Gasteiger partial charge in [0.1, 0.15) is 5.15 Å². The number of amides is 1. The maximum atomic E-state index is 15.1. The number of allylic oxidation sites excluding steroid dienone is 1. The van der Waals surface area contributed by atoms with Gasteiger partial charge in [0.25, 0.3) is 5.91 Å². The second-order valence-corrected chi connectivity index (χ2v) is 8.64. The van der Waals surface area contributed by atoms with Gasteiger partial charge in [0.2, 0.25) is 0 Å². The summed E-state index contributed by atoms with van der Waals surface area (Å²) in [6.45, 7) is 0.925. The Morgan fingerprint density at radius 1 is 1.33 bits per heavy atom. The standard InChI is InChI=1S/C21H19Cl2FN4OS/c22-17-6-2-1-5-15(17)16-13-19(23)27-14-18(16)30-28-11-7-21(24,8-12-28)20(29)26-10-4-3-9-25/h1-6,13-14H,7-8,10-12H2,(H,26,29)/b4-3+. The number of nitrogens with one attached hydrogen (secondary N) is 1. The number of nitrogens with zero attached hydrogens (tertiary/aromatic N) is 3. The highest BCUT2D eigenvalue weighted by Crippen LogP contribution is 2.39. The lowest BCUT2D eigenvalue weighted by atomic mass is 9.93. The minimum Gasteiger partial charge on any atom is -0.350 e. The second kappa shape index (κ2) is 10.3. The van der Waals surface area contributed by atoms with Crippen molar-refractivity contribution < 1.29 is 9.18 Å². The number of halogens is 3. The number of aromatic nitrogens is 1. The van der Waals surface area contributed by atoms with E-state index in [9.17, 15) is 4.79 Å². The molecule has 1 aromatic heterocycles. The molecule has 0 bridgehead atoms. The molecular formula is C21H19Cl2FN4OS. The second-order valence-electron chi connectivity index (χ2n) is 6.71. The summed E-state index contributed by atoms with van der Waals surface area (Å²) in [7, 11) is 0. The maximum Gasteiger partial charge on any atom is 0.258 e. The van der Waals surface area contributed by atoms with Crippen molar-refractivity contribution >= 4 is 41.1 Å². The van der Waals surface area contributed by atoms with E-state index < -0.39 is 11.6 Å². The van der Waals surface area contributed by atoms with Crippen molar-refractivity contribution in [2.24, 2.45) is 0 Å². The monoisotopic (exact) mass is 464 g/mol. The van der Waals surface area contributed by atoms with Crippen LogP contribution in [-0.2, 0) is 4.79 Å². The quantitative estimate of drug-likeness (QED) is 0.367. The van der Waals surface area contributed by atoms with Gasteiger partial charge in [-0.15, -0.1) is 0 Å². The number of carbonyl (C=O) groups is 1. The molecule has 0 unspecified atom stereocenters. The lowest BCUT2D eigenvalue weighted by Crippen LogP contribution is -2.49. The fourth-order valence-electron chi connectivity index (χ4n) is 3.10. The SMILES string of the molecule is N#C/C=C/CNC(=O)C1(F)CCN(Sc2cnc(Cl)cc2-c2ccccc2Cl)CC1. The van der Waals surface area contributed by atoms with Crippen molar-refractivity contribution in [2.45, 2.75) is 23.4 Å². The minimum atomic E-state index is -1.92. The third-order valence-corrected chi connectivity index (χ3v) is 6.40. The molecule has 1 aliphatic rings. The average molecular weight is 465 g/mol. The molecular weight excluding hydrogens is 446 g/mol. The van der Waals surface area contributed by atoms with Crippen molar-refractivity contribution in [1.29, 1.82) is 5.26 Å². The number of hydrogen-bond acceptors (Lipinski definition) is 5.